The number of carbonyl (C=O) groups excluding carboxylic acids is 3. The van der Waals surface area contributed by atoms with Crippen LogP contribution in [-0.2, 0) is 9.59 Å². The molecule has 0 aliphatic carbocycles. The summed E-state index contributed by atoms with van der Waals surface area (Å²) in [6, 6.07) is 12.5. The van der Waals surface area contributed by atoms with Crippen LogP contribution >= 0.6 is 43.6 Å². The number of hydrogen-bond acceptors (Lipinski definition) is 5. The fraction of sp³-hybridized carbons (Fsp3) is 0.190. The summed E-state index contributed by atoms with van der Waals surface area (Å²) in [6.45, 7) is 2.19. The number of amides is 3. The predicted molar refractivity (Wildman–Crippen MR) is 125 cm³/mol. The van der Waals surface area contributed by atoms with E-state index in [1.165, 1.54) is 0 Å². The maximum atomic E-state index is 12.7. The van der Waals surface area contributed by atoms with Gasteiger partial charge in [-0.2, -0.15) is 0 Å². The van der Waals surface area contributed by atoms with E-state index in [-0.39, 0.29) is 11.4 Å². The van der Waals surface area contributed by atoms with Crippen molar-refractivity contribution in [2.24, 2.45) is 0 Å². The molecule has 0 saturated carbocycles. The fourth-order valence-corrected chi connectivity index (χ4v) is 4.10. The second-order valence-corrected chi connectivity index (χ2v) is 9.18. The van der Waals surface area contributed by atoms with Crippen LogP contribution in [0.5, 0.6) is 5.75 Å². The van der Waals surface area contributed by atoms with Crippen LogP contribution in [0.1, 0.15) is 18.9 Å². The van der Waals surface area contributed by atoms with Gasteiger partial charge in [-0.05, 0) is 66.7 Å². The summed E-state index contributed by atoms with van der Waals surface area (Å²) in [7, 11) is 0. The Balaban J connectivity index is 1.73. The molecular formula is C21H18Br2N2O4S. The molecule has 0 unspecified atom stereocenters. The average molecular weight is 554 g/mol. The lowest BCUT2D eigenvalue weighted by molar-refractivity contribution is -0.127. The molecule has 1 saturated heterocycles. The van der Waals surface area contributed by atoms with Crippen molar-refractivity contribution in [3.05, 3.63) is 61.9 Å². The average Bonchev–Trinajstić information content (AvgIpc) is 2.96. The van der Waals surface area contributed by atoms with Crippen LogP contribution in [0, 0.1) is 0 Å². The summed E-state index contributed by atoms with van der Waals surface area (Å²) in [5.74, 6) is -0.326. The first-order chi connectivity index (χ1) is 14.4. The van der Waals surface area contributed by atoms with Gasteiger partial charge in [0.05, 0.1) is 11.5 Å². The molecule has 2 aromatic rings. The molecule has 3 rings (SSSR count). The molecule has 9 heteroatoms. The second-order valence-electron chi connectivity index (χ2n) is 6.35. The van der Waals surface area contributed by atoms with Gasteiger partial charge in [0, 0.05) is 20.2 Å². The van der Waals surface area contributed by atoms with Crippen LogP contribution in [0.3, 0.4) is 0 Å². The minimum atomic E-state index is -0.502. The highest BCUT2D eigenvalue weighted by Crippen LogP contribution is 2.35. The molecule has 0 radical (unpaired) electrons. The number of benzene rings is 2. The van der Waals surface area contributed by atoms with E-state index in [2.05, 4.69) is 37.2 Å². The van der Waals surface area contributed by atoms with E-state index in [0.29, 0.717) is 23.6 Å². The van der Waals surface area contributed by atoms with Gasteiger partial charge in [-0.1, -0.05) is 38.8 Å². The van der Waals surface area contributed by atoms with Gasteiger partial charge in [-0.15, -0.1) is 0 Å². The number of anilines is 1. The van der Waals surface area contributed by atoms with Crippen LogP contribution in [0.4, 0.5) is 10.5 Å². The predicted octanol–water partition coefficient (Wildman–Crippen LogP) is 5.68. The van der Waals surface area contributed by atoms with Crippen LogP contribution in [0.25, 0.3) is 6.08 Å². The number of hydrogen-bond donors (Lipinski definition) is 1. The van der Waals surface area contributed by atoms with Gasteiger partial charge >= 0.3 is 0 Å². The van der Waals surface area contributed by atoms with Crippen LogP contribution in [0.2, 0.25) is 0 Å². The lowest BCUT2D eigenvalue weighted by Gasteiger charge is -2.12. The molecule has 1 heterocycles. The lowest BCUT2D eigenvalue weighted by atomic mass is 10.2. The maximum Gasteiger partial charge on any atom is 0.294 e. The molecule has 0 atom stereocenters. The topological polar surface area (TPSA) is 75.7 Å². The Hall–Kier alpha value is -2.10. The Labute approximate surface area is 195 Å². The molecule has 6 nitrogen and oxygen atoms in total. The number of halogens is 2. The molecule has 1 aliphatic rings. The number of carbonyl (C=O) groups is 3. The van der Waals surface area contributed by atoms with Crippen LogP contribution in [0.15, 0.2) is 56.3 Å². The lowest BCUT2D eigenvalue weighted by Crippen LogP contribution is -2.36. The Morgan fingerprint density at radius 2 is 1.83 bits per heavy atom. The molecule has 2 aromatic carbocycles. The highest BCUT2D eigenvalue weighted by Gasteiger charge is 2.36. The maximum absolute atomic E-state index is 12.7. The third-order valence-electron chi connectivity index (χ3n) is 4.02. The minimum Gasteiger partial charge on any atom is -0.493 e. The number of thioether (sulfide) groups is 1. The Morgan fingerprint density at radius 3 is 2.53 bits per heavy atom. The number of imide groups is 1. The van der Waals surface area contributed by atoms with Crippen LogP contribution < -0.4 is 10.1 Å². The SMILES string of the molecule is CCCOc1ccc(Br)cc1/C=C1/SC(=O)N(CC(=O)Nc2ccc(Br)cc2)C1=O. The molecule has 1 aliphatic heterocycles. The first kappa shape index (κ1) is 22.6. The van der Waals surface area contributed by atoms with Crippen LogP contribution in [-0.4, -0.2) is 35.1 Å². The monoisotopic (exact) mass is 552 g/mol. The van der Waals surface area contributed by atoms with E-state index in [1.54, 1.807) is 30.3 Å². The van der Waals surface area contributed by atoms with E-state index in [9.17, 15) is 14.4 Å². The van der Waals surface area contributed by atoms with Crippen molar-refractivity contribution in [1.29, 1.82) is 0 Å². The quantitative estimate of drug-likeness (QED) is 0.447. The zero-order chi connectivity index (χ0) is 21.7. The van der Waals surface area contributed by atoms with E-state index in [0.717, 1.165) is 32.0 Å². The summed E-state index contributed by atoms with van der Waals surface area (Å²) in [5.41, 5.74) is 1.26. The van der Waals surface area contributed by atoms with Gasteiger partial charge in [-0.3, -0.25) is 19.3 Å². The first-order valence-electron chi connectivity index (χ1n) is 9.10. The molecule has 1 fully saturated rings. The van der Waals surface area contributed by atoms with Crippen molar-refractivity contribution in [2.45, 2.75) is 13.3 Å². The van der Waals surface area contributed by atoms with E-state index in [1.807, 2.05) is 25.1 Å². The molecular weight excluding hydrogens is 536 g/mol. The first-order valence-corrected chi connectivity index (χ1v) is 11.5. The van der Waals surface area contributed by atoms with Gasteiger partial charge in [0.15, 0.2) is 0 Å². The molecule has 0 aromatic heterocycles. The van der Waals surface area contributed by atoms with Crippen molar-refractivity contribution >= 4 is 72.4 Å². The fourth-order valence-electron chi connectivity index (χ4n) is 2.63. The number of nitrogens with one attached hydrogen (secondary N) is 1. The van der Waals surface area contributed by atoms with Gasteiger partial charge in [0.25, 0.3) is 11.1 Å². The summed E-state index contributed by atoms with van der Waals surface area (Å²) >= 11 is 7.54. The number of nitrogens with zero attached hydrogens (tertiary/aromatic N) is 1. The Morgan fingerprint density at radius 1 is 1.13 bits per heavy atom. The third-order valence-corrected chi connectivity index (χ3v) is 5.95. The van der Waals surface area contributed by atoms with Crippen molar-refractivity contribution in [1.82, 2.24) is 4.90 Å². The van der Waals surface area contributed by atoms with E-state index in [4.69, 9.17) is 4.74 Å². The van der Waals surface area contributed by atoms with Gasteiger partial charge in [0.2, 0.25) is 5.91 Å². The van der Waals surface area contributed by atoms with Crippen molar-refractivity contribution in [3.8, 4) is 5.75 Å². The molecule has 0 bridgehead atoms. The normalized spacial score (nSPS) is 15.0. The zero-order valence-corrected chi connectivity index (χ0v) is 20.0. The second kappa shape index (κ2) is 10.3. The Kier molecular flexibility index (Phi) is 7.74. The zero-order valence-electron chi connectivity index (χ0n) is 16.0. The molecule has 1 N–H and O–H groups in total. The molecule has 30 heavy (non-hydrogen) atoms. The molecule has 3 amide bonds. The highest BCUT2D eigenvalue weighted by molar-refractivity contribution is 9.10. The van der Waals surface area contributed by atoms with Crippen molar-refractivity contribution < 1.29 is 19.1 Å². The van der Waals surface area contributed by atoms with E-state index >= 15 is 0 Å². The summed E-state index contributed by atoms with van der Waals surface area (Å²) in [4.78, 5) is 38.6. The van der Waals surface area contributed by atoms with Gasteiger partial charge in [0.1, 0.15) is 12.3 Å². The standard InChI is InChI=1S/C21H18Br2N2O4S/c1-2-9-29-17-8-5-15(23)10-13(17)11-18-20(27)25(21(28)30-18)12-19(26)24-16-6-3-14(22)4-7-16/h3-8,10-11H,2,9,12H2,1H3,(H,24,26)/b18-11+. The van der Waals surface area contributed by atoms with Gasteiger partial charge in [-0.25, -0.2) is 0 Å². The van der Waals surface area contributed by atoms with Crippen molar-refractivity contribution in [3.63, 3.8) is 0 Å². The summed E-state index contributed by atoms with van der Waals surface area (Å²) < 4.78 is 7.43. The van der Waals surface area contributed by atoms with Crippen molar-refractivity contribution in [2.75, 3.05) is 18.5 Å². The highest BCUT2D eigenvalue weighted by atomic mass is 79.9. The Bertz CT molecular complexity index is 1010. The minimum absolute atomic E-state index is 0.246. The number of ether oxygens (including phenoxy) is 1. The summed E-state index contributed by atoms with van der Waals surface area (Å²) in [5, 5.41) is 2.20. The third kappa shape index (κ3) is 5.74. The smallest absolute Gasteiger partial charge is 0.294 e. The van der Waals surface area contributed by atoms with E-state index < -0.39 is 17.1 Å². The molecule has 0 spiro atoms. The summed E-state index contributed by atoms with van der Waals surface area (Å²) in [6.07, 6.45) is 2.47. The number of rotatable bonds is 7. The van der Waals surface area contributed by atoms with Gasteiger partial charge < -0.3 is 10.1 Å². The largest absolute Gasteiger partial charge is 0.493 e. The molecule has 156 valence electrons.